The van der Waals surface area contributed by atoms with Gasteiger partial charge in [-0.05, 0) is 31.2 Å². The Morgan fingerprint density at radius 1 is 1.29 bits per heavy atom. The van der Waals surface area contributed by atoms with Crippen LogP contribution in [0.25, 0.3) is 0 Å². The fourth-order valence-corrected chi connectivity index (χ4v) is 2.28. The molecule has 2 N–H and O–H groups in total. The van der Waals surface area contributed by atoms with E-state index in [2.05, 4.69) is 36.2 Å². The number of amidine groups is 1. The van der Waals surface area contributed by atoms with E-state index < -0.39 is 0 Å². The van der Waals surface area contributed by atoms with Gasteiger partial charge in [0, 0.05) is 0 Å². The van der Waals surface area contributed by atoms with Gasteiger partial charge in [0.25, 0.3) is 6.02 Å². The lowest BCUT2D eigenvalue weighted by molar-refractivity contribution is 0.179. The summed E-state index contributed by atoms with van der Waals surface area (Å²) >= 11 is 0. The third kappa shape index (κ3) is 3.22. The van der Waals surface area contributed by atoms with Crippen LogP contribution >= 0.6 is 0 Å². The van der Waals surface area contributed by atoms with E-state index in [-0.39, 0.29) is 12.1 Å². The van der Waals surface area contributed by atoms with Crippen molar-refractivity contribution >= 4 is 6.02 Å². The van der Waals surface area contributed by atoms with Crippen LogP contribution < -0.4 is 5.73 Å². The average molecular weight is 232 g/mol. The highest BCUT2D eigenvalue weighted by molar-refractivity contribution is 5.73. The van der Waals surface area contributed by atoms with Crippen molar-refractivity contribution in [1.29, 1.82) is 0 Å². The van der Waals surface area contributed by atoms with Crippen LogP contribution in [-0.4, -0.2) is 18.2 Å². The third-order valence-electron chi connectivity index (χ3n) is 3.20. The van der Waals surface area contributed by atoms with Crippen LogP contribution in [0.3, 0.4) is 0 Å². The summed E-state index contributed by atoms with van der Waals surface area (Å²) in [5.74, 6) is 0. The zero-order chi connectivity index (χ0) is 12.1. The summed E-state index contributed by atoms with van der Waals surface area (Å²) in [4.78, 5) is 4.34. The van der Waals surface area contributed by atoms with Gasteiger partial charge in [0.05, 0.1) is 6.04 Å². The van der Waals surface area contributed by atoms with E-state index >= 15 is 0 Å². The van der Waals surface area contributed by atoms with Crippen LogP contribution in [0, 0.1) is 0 Å². The molecule has 1 aliphatic rings. The van der Waals surface area contributed by atoms with Crippen LogP contribution in [0.2, 0.25) is 0 Å². The smallest absolute Gasteiger partial charge is 0.282 e. The van der Waals surface area contributed by atoms with Gasteiger partial charge in [-0.25, -0.2) is 4.99 Å². The second kappa shape index (κ2) is 5.71. The molecule has 2 atom stereocenters. The highest BCUT2D eigenvalue weighted by atomic mass is 16.5. The molecule has 3 heteroatoms. The summed E-state index contributed by atoms with van der Waals surface area (Å²) < 4.78 is 5.45. The summed E-state index contributed by atoms with van der Waals surface area (Å²) in [5, 5.41) is 0. The molecule has 92 valence electrons. The molecule has 0 bridgehead atoms. The van der Waals surface area contributed by atoms with E-state index in [9.17, 15) is 0 Å². The molecule has 3 nitrogen and oxygen atoms in total. The van der Waals surface area contributed by atoms with E-state index in [4.69, 9.17) is 10.5 Å². The molecule has 0 saturated heterocycles. The Morgan fingerprint density at radius 2 is 2.06 bits per heavy atom. The summed E-state index contributed by atoms with van der Waals surface area (Å²) in [5.41, 5.74) is 6.99. The molecular weight excluding hydrogens is 212 g/mol. The highest BCUT2D eigenvalue weighted by Gasteiger charge is 2.27. The molecule has 2 rings (SSSR count). The van der Waals surface area contributed by atoms with Crippen LogP contribution in [0.15, 0.2) is 35.3 Å². The lowest BCUT2D eigenvalue weighted by Crippen LogP contribution is -2.23. The maximum absolute atomic E-state index is 5.60. The number of aryl methyl sites for hydroxylation is 1. The van der Waals surface area contributed by atoms with Crippen LogP contribution in [0.5, 0.6) is 0 Å². The first-order valence-corrected chi connectivity index (χ1v) is 6.33. The van der Waals surface area contributed by atoms with Gasteiger partial charge < -0.3 is 10.5 Å². The Bertz CT molecular complexity index is 375. The number of nitrogens with zero attached hydrogens (tertiary/aromatic N) is 1. The predicted molar refractivity (Wildman–Crippen MR) is 70.0 cm³/mol. The van der Waals surface area contributed by atoms with Crippen molar-refractivity contribution in [3.8, 4) is 0 Å². The standard InChI is InChI=1S/C14H20N2O/c1-2-13-12(16-14(15)17-13)10-6-9-11-7-4-3-5-8-11/h3-5,7-8,12-13H,2,6,9-10H2,1H3,(H2,15,16)/t12-,13-/m0/s1. The third-order valence-corrected chi connectivity index (χ3v) is 3.20. The van der Waals surface area contributed by atoms with E-state index in [1.165, 1.54) is 5.56 Å². The fourth-order valence-electron chi connectivity index (χ4n) is 2.28. The first-order chi connectivity index (χ1) is 8.29. The molecule has 1 aliphatic heterocycles. The molecule has 0 amide bonds. The van der Waals surface area contributed by atoms with Crippen LogP contribution in [-0.2, 0) is 11.2 Å². The Labute approximate surface area is 103 Å². The summed E-state index contributed by atoms with van der Waals surface area (Å²) in [6.45, 7) is 2.11. The van der Waals surface area contributed by atoms with Crippen molar-refractivity contribution in [2.45, 2.75) is 44.8 Å². The van der Waals surface area contributed by atoms with Crippen molar-refractivity contribution in [3.05, 3.63) is 35.9 Å². The van der Waals surface area contributed by atoms with E-state index in [0.717, 1.165) is 25.7 Å². The van der Waals surface area contributed by atoms with Gasteiger partial charge in [0.15, 0.2) is 0 Å². The number of aliphatic imine (C=N–C) groups is 1. The molecule has 0 unspecified atom stereocenters. The Kier molecular flexibility index (Phi) is 4.02. The molecule has 1 aromatic carbocycles. The Balaban J connectivity index is 1.79. The summed E-state index contributed by atoms with van der Waals surface area (Å²) in [6, 6.07) is 11.2. The number of rotatable bonds is 5. The quantitative estimate of drug-likeness (QED) is 0.848. The molecule has 0 aliphatic carbocycles. The van der Waals surface area contributed by atoms with Crippen LogP contribution in [0.4, 0.5) is 0 Å². The minimum Gasteiger partial charge on any atom is -0.460 e. The van der Waals surface area contributed by atoms with Crippen molar-refractivity contribution in [2.75, 3.05) is 0 Å². The number of benzene rings is 1. The largest absolute Gasteiger partial charge is 0.460 e. The van der Waals surface area contributed by atoms with Crippen LogP contribution in [0.1, 0.15) is 31.7 Å². The zero-order valence-corrected chi connectivity index (χ0v) is 10.3. The predicted octanol–water partition coefficient (Wildman–Crippen LogP) is 2.50. The molecule has 0 radical (unpaired) electrons. The molecule has 0 spiro atoms. The number of hydrogen-bond donors (Lipinski definition) is 1. The molecule has 0 fully saturated rings. The number of hydrogen-bond acceptors (Lipinski definition) is 3. The Morgan fingerprint density at radius 3 is 2.76 bits per heavy atom. The average Bonchev–Trinajstić information content (AvgIpc) is 2.71. The maximum atomic E-state index is 5.60. The number of ether oxygens (including phenoxy) is 1. The molecule has 1 heterocycles. The lowest BCUT2D eigenvalue weighted by Gasteiger charge is -2.14. The number of nitrogens with two attached hydrogens (primary N) is 1. The van der Waals surface area contributed by atoms with Gasteiger partial charge in [-0.3, -0.25) is 0 Å². The molecule has 1 aromatic rings. The van der Waals surface area contributed by atoms with Gasteiger partial charge >= 0.3 is 0 Å². The topological polar surface area (TPSA) is 47.6 Å². The van der Waals surface area contributed by atoms with E-state index in [0.29, 0.717) is 6.02 Å². The van der Waals surface area contributed by atoms with Gasteiger partial charge in [0.1, 0.15) is 6.10 Å². The SMILES string of the molecule is CC[C@@H]1OC(N)=N[C@H]1CCCc1ccccc1. The van der Waals surface area contributed by atoms with Crippen molar-refractivity contribution in [1.82, 2.24) is 0 Å². The normalized spacial score (nSPS) is 23.2. The van der Waals surface area contributed by atoms with Gasteiger partial charge in [-0.1, -0.05) is 37.3 Å². The minimum atomic E-state index is 0.186. The zero-order valence-electron chi connectivity index (χ0n) is 10.3. The van der Waals surface area contributed by atoms with E-state index in [1.807, 2.05) is 6.07 Å². The molecule has 0 saturated carbocycles. The summed E-state index contributed by atoms with van der Waals surface area (Å²) in [7, 11) is 0. The summed E-state index contributed by atoms with van der Waals surface area (Å²) in [6.07, 6.45) is 4.44. The maximum Gasteiger partial charge on any atom is 0.282 e. The second-order valence-corrected chi connectivity index (χ2v) is 4.48. The van der Waals surface area contributed by atoms with E-state index in [1.54, 1.807) is 0 Å². The second-order valence-electron chi connectivity index (χ2n) is 4.48. The monoisotopic (exact) mass is 232 g/mol. The first-order valence-electron chi connectivity index (χ1n) is 6.33. The molecular formula is C14H20N2O. The lowest BCUT2D eigenvalue weighted by atomic mass is 10.0. The minimum absolute atomic E-state index is 0.186. The molecule has 0 aromatic heterocycles. The molecule has 17 heavy (non-hydrogen) atoms. The van der Waals surface area contributed by atoms with Crippen molar-refractivity contribution < 1.29 is 4.74 Å². The van der Waals surface area contributed by atoms with Gasteiger partial charge in [-0.2, -0.15) is 0 Å². The van der Waals surface area contributed by atoms with Crippen molar-refractivity contribution in [2.24, 2.45) is 10.7 Å². The van der Waals surface area contributed by atoms with Gasteiger partial charge in [0.2, 0.25) is 0 Å². The fraction of sp³-hybridized carbons (Fsp3) is 0.500. The van der Waals surface area contributed by atoms with Gasteiger partial charge in [-0.15, -0.1) is 0 Å². The Hall–Kier alpha value is -1.51. The highest BCUT2D eigenvalue weighted by Crippen LogP contribution is 2.20. The first kappa shape index (κ1) is 12.0. The van der Waals surface area contributed by atoms with Crippen molar-refractivity contribution in [3.63, 3.8) is 0 Å².